The van der Waals surface area contributed by atoms with Crippen LogP contribution < -0.4 is 16.0 Å². The average molecular weight is 274 g/mol. The highest BCUT2D eigenvalue weighted by Crippen LogP contribution is 2.33. The maximum absolute atomic E-state index is 13.6. The van der Waals surface area contributed by atoms with Crippen molar-refractivity contribution in [1.29, 1.82) is 0 Å². The Hall–Kier alpha value is -1.91. The largest absolute Gasteiger partial charge is 0.496 e. The molecule has 0 bridgehead atoms. The standard InChI is InChI=1S/C16H19FN2O/c1-10-5-4-6-11(2)15(10)16(19-18)13-9-12(17)7-8-14(13)20-3/h4-9,16,19H,18H2,1-3H3. The number of halogens is 1. The van der Waals surface area contributed by atoms with Crippen molar-refractivity contribution in [2.75, 3.05) is 7.11 Å². The average Bonchev–Trinajstić information content (AvgIpc) is 2.43. The van der Waals surface area contributed by atoms with Gasteiger partial charge in [-0.3, -0.25) is 5.84 Å². The number of nitrogens with one attached hydrogen (secondary N) is 1. The van der Waals surface area contributed by atoms with Gasteiger partial charge < -0.3 is 4.74 Å². The zero-order valence-corrected chi connectivity index (χ0v) is 11.9. The fourth-order valence-electron chi connectivity index (χ4n) is 2.54. The summed E-state index contributed by atoms with van der Waals surface area (Å²) in [5.74, 6) is 6.02. The number of hydrazine groups is 1. The van der Waals surface area contributed by atoms with Crippen molar-refractivity contribution in [3.05, 3.63) is 64.5 Å². The van der Waals surface area contributed by atoms with E-state index in [1.807, 2.05) is 32.0 Å². The molecule has 0 amide bonds. The lowest BCUT2D eigenvalue weighted by Crippen LogP contribution is -2.30. The summed E-state index contributed by atoms with van der Waals surface area (Å²) in [6.07, 6.45) is 0. The third kappa shape index (κ3) is 2.66. The van der Waals surface area contributed by atoms with Crippen LogP contribution in [-0.4, -0.2) is 7.11 Å². The predicted molar refractivity (Wildman–Crippen MR) is 78.0 cm³/mol. The summed E-state index contributed by atoms with van der Waals surface area (Å²) in [7, 11) is 1.56. The number of nitrogens with two attached hydrogens (primary N) is 1. The van der Waals surface area contributed by atoms with Gasteiger partial charge in [-0.1, -0.05) is 18.2 Å². The second kappa shape index (κ2) is 6.03. The van der Waals surface area contributed by atoms with Gasteiger partial charge in [0.05, 0.1) is 13.2 Å². The van der Waals surface area contributed by atoms with Gasteiger partial charge in [0.15, 0.2) is 0 Å². The molecule has 0 aromatic heterocycles. The minimum absolute atomic E-state index is 0.313. The van der Waals surface area contributed by atoms with Gasteiger partial charge in [-0.15, -0.1) is 0 Å². The van der Waals surface area contributed by atoms with Crippen molar-refractivity contribution in [2.45, 2.75) is 19.9 Å². The number of aryl methyl sites for hydroxylation is 2. The Labute approximate surface area is 118 Å². The van der Waals surface area contributed by atoms with Crippen LogP contribution in [0.2, 0.25) is 0 Å². The minimum Gasteiger partial charge on any atom is -0.496 e. The van der Waals surface area contributed by atoms with Gasteiger partial charge in [-0.05, 0) is 48.7 Å². The first-order valence-electron chi connectivity index (χ1n) is 6.44. The number of hydrogen-bond acceptors (Lipinski definition) is 3. The molecular formula is C16H19FN2O. The van der Waals surface area contributed by atoms with Gasteiger partial charge in [0, 0.05) is 5.56 Å². The Morgan fingerprint density at radius 1 is 1.15 bits per heavy atom. The molecule has 0 spiro atoms. The lowest BCUT2D eigenvalue weighted by atomic mass is 9.91. The summed E-state index contributed by atoms with van der Waals surface area (Å²) >= 11 is 0. The number of hydrogen-bond donors (Lipinski definition) is 2. The fourth-order valence-corrected chi connectivity index (χ4v) is 2.54. The van der Waals surface area contributed by atoms with E-state index >= 15 is 0 Å². The van der Waals surface area contributed by atoms with Gasteiger partial charge in [0.2, 0.25) is 0 Å². The smallest absolute Gasteiger partial charge is 0.124 e. The first-order chi connectivity index (χ1) is 9.58. The fraction of sp³-hybridized carbons (Fsp3) is 0.250. The Kier molecular flexibility index (Phi) is 4.37. The van der Waals surface area contributed by atoms with Crippen LogP contribution in [0.3, 0.4) is 0 Å². The molecule has 0 saturated carbocycles. The highest BCUT2D eigenvalue weighted by Gasteiger charge is 2.21. The van der Waals surface area contributed by atoms with Crippen LogP contribution >= 0.6 is 0 Å². The third-order valence-corrected chi connectivity index (χ3v) is 3.50. The van der Waals surface area contributed by atoms with Crippen LogP contribution in [0.25, 0.3) is 0 Å². The number of methoxy groups -OCH3 is 1. The number of benzene rings is 2. The molecule has 106 valence electrons. The van der Waals surface area contributed by atoms with E-state index in [-0.39, 0.29) is 11.9 Å². The summed E-state index contributed by atoms with van der Waals surface area (Å²) in [5.41, 5.74) is 6.69. The van der Waals surface area contributed by atoms with E-state index in [0.29, 0.717) is 11.3 Å². The molecule has 0 aliphatic carbocycles. The molecule has 0 fully saturated rings. The van der Waals surface area contributed by atoms with E-state index in [1.165, 1.54) is 12.1 Å². The molecule has 20 heavy (non-hydrogen) atoms. The Morgan fingerprint density at radius 3 is 2.35 bits per heavy atom. The molecule has 0 aliphatic rings. The summed E-state index contributed by atoms with van der Waals surface area (Å²) < 4.78 is 18.9. The van der Waals surface area contributed by atoms with E-state index < -0.39 is 0 Å². The quantitative estimate of drug-likeness (QED) is 0.665. The van der Waals surface area contributed by atoms with Crippen LogP contribution in [0.5, 0.6) is 5.75 Å². The molecule has 0 radical (unpaired) electrons. The van der Waals surface area contributed by atoms with E-state index in [2.05, 4.69) is 5.43 Å². The van der Waals surface area contributed by atoms with Crippen molar-refractivity contribution >= 4 is 0 Å². The van der Waals surface area contributed by atoms with Crippen molar-refractivity contribution in [1.82, 2.24) is 5.43 Å². The monoisotopic (exact) mass is 274 g/mol. The summed E-state index contributed by atoms with van der Waals surface area (Å²) in [6.45, 7) is 4.02. The predicted octanol–water partition coefficient (Wildman–Crippen LogP) is 3.00. The van der Waals surface area contributed by atoms with Gasteiger partial charge in [-0.25, -0.2) is 9.82 Å². The molecule has 3 N–H and O–H groups in total. The van der Waals surface area contributed by atoms with Crippen molar-refractivity contribution < 1.29 is 9.13 Å². The van der Waals surface area contributed by atoms with E-state index in [4.69, 9.17) is 10.6 Å². The van der Waals surface area contributed by atoms with Crippen LogP contribution in [0, 0.1) is 19.7 Å². The molecule has 0 saturated heterocycles. The Bertz CT molecular complexity index is 593. The molecule has 0 heterocycles. The van der Waals surface area contributed by atoms with Crippen LogP contribution in [0.4, 0.5) is 4.39 Å². The second-order valence-corrected chi connectivity index (χ2v) is 4.79. The highest BCUT2D eigenvalue weighted by atomic mass is 19.1. The molecule has 3 nitrogen and oxygen atoms in total. The SMILES string of the molecule is COc1ccc(F)cc1C(NN)c1c(C)cccc1C. The lowest BCUT2D eigenvalue weighted by Gasteiger charge is -2.23. The van der Waals surface area contributed by atoms with Crippen LogP contribution in [0.1, 0.15) is 28.3 Å². The van der Waals surface area contributed by atoms with Gasteiger partial charge in [0.25, 0.3) is 0 Å². The molecule has 1 unspecified atom stereocenters. The number of rotatable bonds is 4. The summed E-state index contributed by atoms with van der Waals surface area (Å²) in [6, 6.07) is 10.1. The molecule has 4 heteroatoms. The maximum Gasteiger partial charge on any atom is 0.124 e. The third-order valence-electron chi connectivity index (χ3n) is 3.50. The molecule has 2 rings (SSSR count). The Morgan fingerprint density at radius 2 is 1.80 bits per heavy atom. The van der Waals surface area contributed by atoms with Crippen LogP contribution in [0.15, 0.2) is 36.4 Å². The zero-order chi connectivity index (χ0) is 14.7. The summed E-state index contributed by atoms with van der Waals surface area (Å²) in [4.78, 5) is 0. The summed E-state index contributed by atoms with van der Waals surface area (Å²) in [5, 5.41) is 0. The highest BCUT2D eigenvalue weighted by molar-refractivity contribution is 5.46. The van der Waals surface area contributed by atoms with Crippen molar-refractivity contribution in [3.63, 3.8) is 0 Å². The molecule has 2 aromatic carbocycles. The van der Waals surface area contributed by atoms with Crippen molar-refractivity contribution in [2.24, 2.45) is 5.84 Å². The van der Waals surface area contributed by atoms with E-state index in [9.17, 15) is 4.39 Å². The van der Waals surface area contributed by atoms with E-state index in [1.54, 1.807) is 13.2 Å². The first-order valence-corrected chi connectivity index (χ1v) is 6.44. The maximum atomic E-state index is 13.6. The zero-order valence-electron chi connectivity index (χ0n) is 11.9. The van der Waals surface area contributed by atoms with E-state index in [0.717, 1.165) is 16.7 Å². The topological polar surface area (TPSA) is 47.3 Å². The normalized spacial score (nSPS) is 12.2. The first kappa shape index (κ1) is 14.5. The van der Waals surface area contributed by atoms with Crippen molar-refractivity contribution in [3.8, 4) is 5.75 Å². The van der Waals surface area contributed by atoms with Crippen LogP contribution in [-0.2, 0) is 0 Å². The Balaban J connectivity index is 2.61. The molecular weight excluding hydrogens is 255 g/mol. The molecule has 1 atom stereocenters. The lowest BCUT2D eigenvalue weighted by molar-refractivity contribution is 0.402. The van der Waals surface area contributed by atoms with Gasteiger partial charge >= 0.3 is 0 Å². The second-order valence-electron chi connectivity index (χ2n) is 4.79. The van der Waals surface area contributed by atoms with Gasteiger partial charge in [-0.2, -0.15) is 0 Å². The number of ether oxygens (including phenoxy) is 1. The minimum atomic E-state index is -0.318. The van der Waals surface area contributed by atoms with Gasteiger partial charge in [0.1, 0.15) is 11.6 Å². The molecule has 2 aromatic rings. The molecule has 0 aliphatic heterocycles.